The summed E-state index contributed by atoms with van der Waals surface area (Å²) in [7, 11) is 3.20. The van der Waals surface area contributed by atoms with E-state index >= 15 is 0 Å². The van der Waals surface area contributed by atoms with Crippen LogP contribution >= 0.6 is 23.8 Å². The van der Waals surface area contributed by atoms with E-state index in [0.717, 1.165) is 11.2 Å². The molecule has 21 heavy (non-hydrogen) atoms. The number of methoxy groups -OCH3 is 2. The fraction of sp³-hybridized carbons (Fsp3) is 0.143. The predicted octanol–water partition coefficient (Wildman–Crippen LogP) is 3.75. The number of H-pyrrole nitrogens is 1. The average molecular weight is 322 g/mol. The number of benzene rings is 1. The van der Waals surface area contributed by atoms with E-state index in [4.69, 9.17) is 33.3 Å². The third-order valence-electron chi connectivity index (χ3n) is 3.08. The Labute approximate surface area is 131 Å². The Morgan fingerprint density at radius 2 is 1.81 bits per heavy atom. The third-order valence-corrected chi connectivity index (χ3v) is 3.58. The molecule has 0 fully saturated rings. The van der Waals surface area contributed by atoms with Crippen LogP contribution in [0.3, 0.4) is 0 Å². The summed E-state index contributed by atoms with van der Waals surface area (Å²) >= 11 is 11.3. The van der Waals surface area contributed by atoms with E-state index in [1.54, 1.807) is 32.5 Å². The summed E-state index contributed by atoms with van der Waals surface area (Å²) in [6.45, 7) is 0. The molecule has 7 heteroatoms. The minimum Gasteiger partial charge on any atom is -0.497 e. The van der Waals surface area contributed by atoms with E-state index in [1.807, 2.05) is 16.7 Å². The minimum atomic E-state index is 0.523. The number of nitrogens with zero attached hydrogens (tertiary/aromatic N) is 2. The Kier molecular flexibility index (Phi) is 3.57. The summed E-state index contributed by atoms with van der Waals surface area (Å²) in [5.41, 5.74) is 2.27. The maximum atomic E-state index is 5.96. The number of hydrogen-bond donors (Lipinski definition) is 1. The summed E-state index contributed by atoms with van der Waals surface area (Å²) in [4.78, 5) is 7.43. The molecule has 2 aromatic heterocycles. The smallest absolute Gasteiger partial charge is 0.184 e. The first-order valence-electron chi connectivity index (χ1n) is 6.12. The van der Waals surface area contributed by atoms with Gasteiger partial charge in [0.2, 0.25) is 0 Å². The Hall–Kier alpha value is -2.05. The van der Waals surface area contributed by atoms with Crippen LogP contribution in [0, 0.1) is 4.77 Å². The maximum absolute atomic E-state index is 5.96. The van der Waals surface area contributed by atoms with Crippen molar-refractivity contribution < 1.29 is 9.47 Å². The number of rotatable bonds is 3. The van der Waals surface area contributed by atoms with Crippen molar-refractivity contribution >= 4 is 35.0 Å². The van der Waals surface area contributed by atoms with Crippen molar-refractivity contribution in [3.63, 3.8) is 0 Å². The van der Waals surface area contributed by atoms with Gasteiger partial charge in [0, 0.05) is 24.4 Å². The monoisotopic (exact) mass is 321 g/mol. The van der Waals surface area contributed by atoms with Crippen LogP contribution in [0.25, 0.3) is 16.9 Å². The number of halogens is 1. The Bertz CT molecular complexity index is 850. The standard InChI is InChI=1S/C14H12ClN3O2S/c1-19-10-4-9(5-11(6-10)20-2)18-13-12(17-14(18)21)3-8(15)7-16-13/h3-7H,1-2H3,(H,17,21). The molecule has 0 aliphatic carbocycles. The minimum absolute atomic E-state index is 0.523. The second-order valence-corrected chi connectivity index (χ2v) is 5.18. The molecule has 2 heterocycles. The van der Waals surface area contributed by atoms with Crippen LogP contribution in [0.2, 0.25) is 5.02 Å². The van der Waals surface area contributed by atoms with Crippen molar-refractivity contribution in [2.45, 2.75) is 0 Å². The number of fused-ring (bicyclic) bond motifs is 1. The highest BCUT2D eigenvalue weighted by atomic mass is 35.5. The number of ether oxygens (including phenoxy) is 2. The van der Waals surface area contributed by atoms with Gasteiger partial charge in [0.05, 0.1) is 30.4 Å². The van der Waals surface area contributed by atoms with Crippen LogP contribution in [0.4, 0.5) is 0 Å². The van der Waals surface area contributed by atoms with Crippen LogP contribution in [-0.2, 0) is 0 Å². The Morgan fingerprint density at radius 3 is 2.43 bits per heavy atom. The number of imidazole rings is 1. The van der Waals surface area contributed by atoms with Gasteiger partial charge in [-0.15, -0.1) is 0 Å². The van der Waals surface area contributed by atoms with E-state index < -0.39 is 0 Å². The van der Waals surface area contributed by atoms with Gasteiger partial charge in [0.15, 0.2) is 10.4 Å². The predicted molar refractivity (Wildman–Crippen MR) is 84.4 cm³/mol. The molecule has 0 spiro atoms. The zero-order valence-electron chi connectivity index (χ0n) is 11.4. The van der Waals surface area contributed by atoms with Crippen LogP contribution in [-0.4, -0.2) is 28.8 Å². The molecule has 0 radical (unpaired) electrons. The molecule has 0 saturated carbocycles. The number of aromatic amines is 1. The molecule has 0 bridgehead atoms. The van der Waals surface area contributed by atoms with Crippen molar-refractivity contribution in [2.24, 2.45) is 0 Å². The van der Waals surface area contributed by atoms with Crippen molar-refractivity contribution in [3.05, 3.63) is 40.3 Å². The van der Waals surface area contributed by atoms with Crippen LogP contribution < -0.4 is 9.47 Å². The van der Waals surface area contributed by atoms with Crippen LogP contribution in [0.5, 0.6) is 11.5 Å². The van der Waals surface area contributed by atoms with Gasteiger partial charge in [-0.1, -0.05) is 11.6 Å². The molecule has 3 aromatic rings. The number of aromatic nitrogens is 3. The molecule has 0 aliphatic rings. The first-order chi connectivity index (χ1) is 10.1. The number of pyridine rings is 1. The van der Waals surface area contributed by atoms with Gasteiger partial charge < -0.3 is 14.5 Å². The number of nitrogens with one attached hydrogen (secondary N) is 1. The molecule has 0 unspecified atom stereocenters. The van der Waals surface area contributed by atoms with E-state index in [1.165, 1.54) is 0 Å². The molecule has 0 aliphatic heterocycles. The molecule has 108 valence electrons. The topological polar surface area (TPSA) is 52.1 Å². The molecule has 5 nitrogen and oxygen atoms in total. The van der Waals surface area contributed by atoms with Gasteiger partial charge in [-0.3, -0.25) is 4.57 Å². The van der Waals surface area contributed by atoms with Gasteiger partial charge >= 0.3 is 0 Å². The quantitative estimate of drug-likeness (QED) is 0.746. The molecular weight excluding hydrogens is 310 g/mol. The third kappa shape index (κ3) is 2.48. The van der Waals surface area contributed by atoms with Crippen LogP contribution in [0.15, 0.2) is 30.5 Å². The van der Waals surface area contributed by atoms with Gasteiger partial charge in [-0.25, -0.2) is 4.98 Å². The summed E-state index contributed by atoms with van der Waals surface area (Å²) in [5, 5.41) is 0.550. The molecular formula is C14H12ClN3O2S. The summed E-state index contributed by atoms with van der Waals surface area (Å²) in [6.07, 6.45) is 1.58. The first kappa shape index (κ1) is 13.9. The lowest BCUT2D eigenvalue weighted by Crippen LogP contribution is -1.97. The second kappa shape index (κ2) is 5.38. The van der Waals surface area contributed by atoms with Crippen molar-refractivity contribution in [1.82, 2.24) is 14.5 Å². The summed E-state index contributed by atoms with van der Waals surface area (Å²) < 4.78 is 12.9. The van der Waals surface area contributed by atoms with E-state index in [-0.39, 0.29) is 0 Å². The highest BCUT2D eigenvalue weighted by Gasteiger charge is 2.11. The lowest BCUT2D eigenvalue weighted by molar-refractivity contribution is 0.394. The largest absolute Gasteiger partial charge is 0.497 e. The zero-order valence-corrected chi connectivity index (χ0v) is 13.0. The molecule has 0 saturated heterocycles. The first-order valence-corrected chi connectivity index (χ1v) is 6.90. The summed E-state index contributed by atoms with van der Waals surface area (Å²) in [6, 6.07) is 7.31. The fourth-order valence-corrected chi connectivity index (χ4v) is 2.59. The normalized spacial score (nSPS) is 10.8. The Balaban J connectivity index is 2.29. The molecule has 0 atom stereocenters. The fourth-order valence-electron chi connectivity index (χ4n) is 2.13. The van der Waals surface area contributed by atoms with E-state index in [2.05, 4.69) is 9.97 Å². The molecule has 1 aromatic carbocycles. The molecule has 3 rings (SSSR count). The summed E-state index contributed by atoms with van der Waals surface area (Å²) in [5.74, 6) is 1.35. The average Bonchev–Trinajstić information content (AvgIpc) is 2.81. The lowest BCUT2D eigenvalue weighted by atomic mass is 10.2. The van der Waals surface area contributed by atoms with E-state index in [9.17, 15) is 0 Å². The SMILES string of the molecule is COc1cc(OC)cc(-n2c(=S)[nH]c3cc(Cl)cnc32)c1. The molecule has 0 amide bonds. The zero-order chi connectivity index (χ0) is 15.0. The highest BCUT2D eigenvalue weighted by molar-refractivity contribution is 7.71. The Morgan fingerprint density at radius 1 is 1.14 bits per heavy atom. The van der Waals surface area contributed by atoms with Crippen LogP contribution in [0.1, 0.15) is 0 Å². The molecule has 1 N–H and O–H groups in total. The lowest BCUT2D eigenvalue weighted by Gasteiger charge is -2.09. The van der Waals surface area contributed by atoms with Gasteiger partial charge in [-0.2, -0.15) is 0 Å². The van der Waals surface area contributed by atoms with Crippen molar-refractivity contribution in [3.8, 4) is 17.2 Å². The van der Waals surface area contributed by atoms with Gasteiger partial charge in [0.25, 0.3) is 0 Å². The van der Waals surface area contributed by atoms with Crippen molar-refractivity contribution in [1.29, 1.82) is 0 Å². The maximum Gasteiger partial charge on any atom is 0.184 e. The number of hydrogen-bond acceptors (Lipinski definition) is 4. The second-order valence-electron chi connectivity index (χ2n) is 4.36. The van der Waals surface area contributed by atoms with E-state index in [0.29, 0.717) is 26.9 Å². The van der Waals surface area contributed by atoms with Gasteiger partial charge in [0.1, 0.15) is 11.5 Å². The van der Waals surface area contributed by atoms with Gasteiger partial charge in [-0.05, 0) is 18.3 Å². The highest BCUT2D eigenvalue weighted by Crippen LogP contribution is 2.27. The van der Waals surface area contributed by atoms with Crippen molar-refractivity contribution in [2.75, 3.05) is 14.2 Å².